The van der Waals surface area contributed by atoms with E-state index in [4.69, 9.17) is 33.3 Å². The van der Waals surface area contributed by atoms with Gasteiger partial charge in [0, 0.05) is 23.8 Å². The van der Waals surface area contributed by atoms with Crippen molar-refractivity contribution in [3.8, 4) is 17.2 Å². The molecule has 2 aromatic heterocycles. The summed E-state index contributed by atoms with van der Waals surface area (Å²) in [4.78, 5) is 6.72. The van der Waals surface area contributed by atoms with Crippen LogP contribution in [0.3, 0.4) is 0 Å². The third kappa shape index (κ3) is 3.87. The van der Waals surface area contributed by atoms with Crippen molar-refractivity contribution in [2.45, 2.75) is 12.1 Å². The van der Waals surface area contributed by atoms with Crippen molar-refractivity contribution in [3.05, 3.63) is 102 Å². The molecule has 6 nitrogen and oxygen atoms in total. The monoisotopic (exact) mass is 490 g/mol. The zero-order chi connectivity index (χ0) is 23.7. The molecule has 1 N–H and O–H groups in total. The summed E-state index contributed by atoms with van der Waals surface area (Å²) in [5, 5.41) is 4.60. The highest BCUT2D eigenvalue weighted by Crippen LogP contribution is 2.44. The summed E-state index contributed by atoms with van der Waals surface area (Å²) in [5.74, 6) is 1.39. The molecule has 0 saturated carbocycles. The average molecular weight is 491 g/mol. The van der Waals surface area contributed by atoms with E-state index in [1.807, 2.05) is 72.9 Å². The summed E-state index contributed by atoms with van der Waals surface area (Å²) in [5.41, 5.74) is 3.72. The van der Waals surface area contributed by atoms with Gasteiger partial charge in [-0.3, -0.25) is 4.98 Å². The quantitative estimate of drug-likeness (QED) is 0.349. The van der Waals surface area contributed by atoms with Gasteiger partial charge in [0.1, 0.15) is 17.5 Å². The van der Waals surface area contributed by atoms with E-state index in [2.05, 4.69) is 25.8 Å². The number of hydrogen-bond acceptors (Lipinski definition) is 4. The molecule has 4 aromatic rings. The van der Waals surface area contributed by atoms with Gasteiger partial charge in [-0.1, -0.05) is 29.8 Å². The summed E-state index contributed by atoms with van der Waals surface area (Å²) >= 11 is 12.3. The summed E-state index contributed by atoms with van der Waals surface area (Å²) in [7, 11) is 3.28. The van der Waals surface area contributed by atoms with E-state index in [1.54, 1.807) is 20.4 Å². The van der Waals surface area contributed by atoms with Gasteiger partial charge < -0.3 is 24.3 Å². The minimum atomic E-state index is -0.202. The van der Waals surface area contributed by atoms with Gasteiger partial charge in [0.25, 0.3) is 0 Å². The number of methoxy groups -OCH3 is 2. The van der Waals surface area contributed by atoms with Gasteiger partial charge in [-0.25, -0.2) is 0 Å². The van der Waals surface area contributed by atoms with E-state index in [9.17, 15) is 0 Å². The van der Waals surface area contributed by atoms with Crippen LogP contribution in [0.15, 0.2) is 85.2 Å². The number of anilines is 1. The molecule has 2 aromatic carbocycles. The molecule has 1 saturated heterocycles. The Labute approximate surface area is 208 Å². The van der Waals surface area contributed by atoms with Crippen molar-refractivity contribution in [3.63, 3.8) is 0 Å². The lowest BCUT2D eigenvalue weighted by Crippen LogP contribution is -2.30. The predicted octanol–water partition coefficient (Wildman–Crippen LogP) is 5.72. The number of thiocarbonyl (C=S) groups is 1. The minimum Gasteiger partial charge on any atom is -0.495 e. The molecule has 0 radical (unpaired) electrons. The van der Waals surface area contributed by atoms with Gasteiger partial charge in [0.05, 0.1) is 36.7 Å². The molecule has 1 aliphatic rings. The second-order valence-corrected chi connectivity index (χ2v) is 8.58. The van der Waals surface area contributed by atoms with E-state index >= 15 is 0 Å². The number of nitrogens with zero attached hydrogens (tertiary/aromatic N) is 3. The summed E-state index contributed by atoms with van der Waals surface area (Å²) in [6.45, 7) is 0. The Hall–Kier alpha value is -3.55. The molecule has 34 heavy (non-hydrogen) atoms. The number of rotatable bonds is 6. The normalized spacial score (nSPS) is 17.5. The van der Waals surface area contributed by atoms with Crippen LogP contribution in [0, 0.1) is 0 Å². The largest absolute Gasteiger partial charge is 0.495 e. The third-order valence-corrected chi connectivity index (χ3v) is 6.55. The fraction of sp³-hybridized carbons (Fsp3) is 0.154. The number of benzene rings is 2. The van der Waals surface area contributed by atoms with Crippen molar-refractivity contribution < 1.29 is 9.47 Å². The van der Waals surface area contributed by atoms with Crippen molar-refractivity contribution in [2.75, 3.05) is 19.1 Å². The van der Waals surface area contributed by atoms with Gasteiger partial charge in [-0.05, 0) is 66.8 Å². The molecule has 3 heterocycles. The van der Waals surface area contributed by atoms with Crippen LogP contribution in [0.25, 0.3) is 5.69 Å². The van der Waals surface area contributed by atoms with E-state index in [0.29, 0.717) is 15.9 Å². The summed E-state index contributed by atoms with van der Waals surface area (Å²) in [6, 6.07) is 23.3. The molecule has 1 aliphatic heterocycles. The number of nitrogens with one attached hydrogen (secondary N) is 1. The van der Waals surface area contributed by atoms with Crippen molar-refractivity contribution >= 4 is 34.6 Å². The standard InChI is InChI=1S/C26H23ClN4O2S/c1-32-22-13-12-17(16-18(22)27)31-25(24(29-26(31)34)19-8-5-6-14-28-19)21-10-7-15-30(21)20-9-3-4-11-23(20)33-2/h3-16,24-25H,1-2H3,(H,29,34)/t24-,25+/m0/s1. The molecular weight excluding hydrogens is 468 g/mol. The molecular formula is C26H23ClN4O2S. The van der Waals surface area contributed by atoms with Crippen LogP contribution >= 0.6 is 23.8 Å². The fourth-order valence-corrected chi connectivity index (χ4v) is 5.02. The van der Waals surface area contributed by atoms with Gasteiger partial charge in [-0.15, -0.1) is 0 Å². The summed E-state index contributed by atoms with van der Waals surface area (Å²) in [6.07, 6.45) is 3.83. The minimum absolute atomic E-state index is 0.182. The van der Waals surface area contributed by atoms with Gasteiger partial charge in [0.15, 0.2) is 5.11 Å². The molecule has 5 rings (SSSR count). The molecule has 1 fully saturated rings. The lowest BCUT2D eigenvalue weighted by atomic mass is 10.0. The van der Waals surface area contributed by atoms with Crippen LogP contribution in [0.5, 0.6) is 11.5 Å². The Morgan fingerprint density at radius 2 is 1.74 bits per heavy atom. The Balaban J connectivity index is 1.68. The molecule has 0 bridgehead atoms. The number of para-hydroxylation sites is 2. The molecule has 0 aliphatic carbocycles. The zero-order valence-electron chi connectivity index (χ0n) is 18.7. The number of aromatic nitrogens is 2. The first-order valence-corrected chi connectivity index (χ1v) is 11.6. The van der Waals surface area contributed by atoms with Gasteiger partial charge in [0.2, 0.25) is 0 Å². The molecule has 0 amide bonds. The maximum Gasteiger partial charge on any atom is 0.174 e. The van der Waals surface area contributed by atoms with Crippen molar-refractivity contribution in [2.24, 2.45) is 0 Å². The maximum atomic E-state index is 6.50. The van der Waals surface area contributed by atoms with Crippen LogP contribution < -0.4 is 19.7 Å². The highest BCUT2D eigenvalue weighted by molar-refractivity contribution is 7.80. The Morgan fingerprint density at radius 1 is 0.941 bits per heavy atom. The van der Waals surface area contributed by atoms with E-state index in [1.165, 1.54) is 0 Å². The third-order valence-electron chi connectivity index (χ3n) is 5.94. The maximum absolute atomic E-state index is 6.50. The van der Waals surface area contributed by atoms with Crippen LogP contribution in [0.2, 0.25) is 5.02 Å². The topological polar surface area (TPSA) is 51.5 Å². The number of pyridine rings is 1. The molecule has 0 unspecified atom stereocenters. The summed E-state index contributed by atoms with van der Waals surface area (Å²) < 4.78 is 13.1. The Morgan fingerprint density at radius 3 is 2.47 bits per heavy atom. The van der Waals surface area contributed by atoms with Crippen LogP contribution in [-0.4, -0.2) is 28.9 Å². The molecule has 0 spiro atoms. The Bertz CT molecular complexity index is 1330. The fourth-order valence-electron chi connectivity index (χ4n) is 4.42. The second kappa shape index (κ2) is 9.37. The molecule has 8 heteroatoms. The van der Waals surface area contributed by atoms with Crippen molar-refractivity contribution in [1.82, 2.24) is 14.9 Å². The molecule has 172 valence electrons. The first kappa shape index (κ1) is 22.3. The van der Waals surface area contributed by atoms with Gasteiger partial charge in [-0.2, -0.15) is 0 Å². The number of hydrogen-bond donors (Lipinski definition) is 1. The number of halogens is 1. The Kier molecular flexibility index (Phi) is 6.13. The van der Waals surface area contributed by atoms with E-state index in [-0.39, 0.29) is 12.1 Å². The van der Waals surface area contributed by atoms with Gasteiger partial charge >= 0.3 is 0 Å². The second-order valence-electron chi connectivity index (χ2n) is 7.79. The van der Waals surface area contributed by atoms with Crippen LogP contribution in [-0.2, 0) is 0 Å². The average Bonchev–Trinajstić information content (AvgIpc) is 3.48. The van der Waals surface area contributed by atoms with Crippen LogP contribution in [0.4, 0.5) is 5.69 Å². The zero-order valence-corrected chi connectivity index (χ0v) is 20.3. The lowest BCUT2D eigenvalue weighted by Gasteiger charge is -2.29. The van der Waals surface area contributed by atoms with E-state index in [0.717, 1.165) is 28.5 Å². The number of ether oxygens (including phenoxy) is 2. The highest BCUT2D eigenvalue weighted by atomic mass is 35.5. The lowest BCUT2D eigenvalue weighted by molar-refractivity contribution is 0.412. The first-order valence-electron chi connectivity index (χ1n) is 10.8. The highest BCUT2D eigenvalue weighted by Gasteiger charge is 2.42. The predicted molar refractivity (Wildman–Crippen MR) is 138 cm³/mol. The smallest absolute Gasteiger partial charge is 0.174 e. The van der Waals surface area contributed by atoms with E-state index < -0.39 is 0 Å². The van der Waals surface area contributed by atoms with Crippen molar-refractivity contribution in [1.29, 1.82) is 0 Å². The molecule has 2 atom stereocenters. The first-order chi connectivity index (χ1) is 16.6. The van der Waals surface area contributed by atoms with Crippen LogP contribution in [0.1, 0.15) is 23.5 Å². The SMILES string of the molecule is COc1ccc(N2C(=S)N[C@@H](c3ccccn3)[C@H]2c2cccn2-c2ccccc2OC)cc1Cl.